The summed E-state index contributed by atoms with van der Waals surface area (Å²) >= 11 is 0. The maximum absolute atomic E-state index is 13.6. The third-order valence-electron chi connectivity index (χ3n) is 3.16. The molecule has 1 rings (SSSR count). The maximum Gasteiger partial charge on any atom is 0.453 e. The number of alkyl halides is 5. The summed E-state index contributed by atoms with van der Waals surface area (Å²) in [5.74, 6) is -18.2. The Morgan fingerprint density at radius 2 is 1.09 bits per heavy atom. The first-order valence-electron chi connectivity index (χ1n) is 5.71. The third kappa shape index (κ3) is 3.24. The van der Waals surface area contributed by atoms with Crippen molar-refractivity contribution in [1.82, 2.24) is 0 Å². The van der Waals surface area contributed by atoms with Crippen LogP contribution in [0.1, 0.15) is 18.9 Å². The molecular weight excluding hydrogens is 350 g/mol. The molecule has 1 unspecified atom stereocenters. The Hall–Kier alpha value is -1.52. The topological polar surface area (TPSA) is 9.23 Å². The number of ether oxygens (including phenoxy) is 1. The monoisotopic (exact) mass is 358 g/mol. The van der Waals surface area contributed by atoms with E-state index in [1.807, 2.05) is 0 Å². The Kier molecular flexibility index (Phi) is 4.96. The molecule has 1 aromatic rings. The van der Waals surface area contributed by atoms with Crippen LogP contribution < -0.4 is 0 Å². The average Bonchev–Trinajstić information content (AvgIpc) is 2.41. The molecule has 0 aromatic heterocycles. The van der Waals surface area contributed by atoms with E-state index in [9.17, 15) is 43.9 Å². The first kappa shape index (κ1) is 19.5. The molecule has 0 heterocycles. The highest BCUT2D eigenvalue weighted by Gasteiger charge is 2.61. The van der Waals surface area contributed by atoms with Crippen molar-refractivity contribution >= 4 is 0 Å². The SMILES string of the molecule is COC(C)(CC(F)(F)C(F)(F)F)c1c(F)c(F)c(F)c(F)c1F. The average molecular weight is 358 g/mol. The molecular formula is C12H8F10O. The lowest BCUT2D eigenvalue weighted by molar-refractivity contribution is -0.298. The van der Waals surface area contributed by atoms with Gasteiger partial charge >= 0.3 is 12.1 Å². The predicted octanol–water partition coefficient (Wildman–Crippen LogP) is 4.83. The summed E-state index contributed by atoms with van der Waals surface area (Å²) in [6.45, 7) is 0.352. The standard InChI is InChI=1S/C12H8F10O/c1-10(23-2,3-11(18,19)12(20,21)22)4-5(13)7(15)9(17)8(16)6(4)14/h3H2,1-2H3. The first-order chi connectivity index (χ1) is 10.2. The van der Waals surface area contributed by atoms with Gasteiger partial charge in [0.1, 0.15) is 5.60 Å². The third-order valence-corrected chi connectivity index (χ3v) is 3.16. The van der Waals surface area contributed by atoms with E-state index in [4.69, 9.17) is 0 Å². The van der Waals surface area contributed by atoms with Gasteiger partial charge in [-0.05, 0) is 6.92 Å². The fourth-order valence-electron chi connectivity index (χ4n) is 1.86. The number of benzene rings is 1. The molecule has 0 saturated carbocycles. The van der Waals surface area contributed by atoms with Crippen LogP contribution in [0.2, 0.25) is 0 Å². The molecule has 0 N–H and O–H groups in total. The number of hydrogen-bond acceptors (Lipinski definition) is 1. The molecule has 132 valence electrons. The zero-order valence-electron chi connectivity index (χ0n) is 11.4. The molecule has 0 aliphatic carbocycles. The highest BCUT2D eigenvalue weighted by atomic mass is 19.4. The van der Waals surface area contributed by atoms with E-state index in [1.165, 1.54) is 0 Å². The lowest BCUT2D eigenvalue weighted by Crippen LogP contribution is -2.44. The van der Waals surface area contributed by atoms with Gasteiger partial charge in [0.05, 0.1) is 12.0 Å². The molecule has 1 nitrogen and oxygen atoms in total. The summed E-state index contributed by atoms with van der Waals surface area (Å²) in [6.07, 6.45) is -8.50. The van der Waals surface area contributed by atoms with Gasteiger partial charge in [0.15, 0.2) is 23.3 Å². The van der Waals surface area contributed by atoms with E-state index >= 15 is 0 Å². The first-order valence-corrected chi connectivity index (χ1v) is 5.71. The van der Waals surface area contributed by atoms with Crippen molar-refractivity contribution in [2.45, 2.75) is 31.0 Å². The fraction of sp³-hybridized carbons (Fsp3) is 0.500. The molecule has 0 amide bonds. The van der Waals surface area contributed by atoms with Gasteiger partial charge in [-0.15, -0.1) is 0 Å². The van der Waals surface area contributed by atoms with Gasteiger partial charge in [0, 0.05) is 7.11 Å². The number of halogens is 10. The van der Waals surface area contributed by atoms with Crippen LogP contribution in [0.5, 0.6) is 0 Å². The van der Waals surface area contributed by atoms with Gasteiger partial charge in [-0.1, -0.05) is 0 Å². The molecule has 11 heteroatoms. The zero-order chi connectivity index (χ0) is 18.4. The summed E-state index contributed by atoms with van der Waals surface area (Å²) in [5.41, 5.74) is -5.05. The molecule has 0 radical (unpaired) electrons. The summed E-state index contributed by atoms with van der Waals surface area (Å²) in [7, 11) is 0.491. The molecule has 0 aliphatic heterocycles. The highest BCUT2D eigenvalue weighted by molar-refractivity contribution is 5.29. The lowest BCUT2D eigenvalue weighted by Gasteiger charge is -2.33. The van der Waals surface area contributed by atoms with Crippen LogP contribution >= 0.6 is 0 Å². The summed E-state index contributed by atoms with van der Waals surface area (Å²) in [4.78, 5) is 0. The number of rotatable bonds is 4. The van der Waals surface area contributed by atoms with Crippen molar-refractivity contribution < 1.29 is 48.6 Å². The molecule has 0 saturated heterocycles. The van der Waals surface area contributed by atoms with Gasteiger partial charge in [-0.2, -0.15) is 22.0 Å². The minimum Gasteiger partial charge on any atom is -0.373 e. The van der Waals surface area contributed by atoms with Crippen LogP contribution in [0.4, 0.5) is 43.9 Å². The molecule has 0 aliphatic rings. The molecule has 0 spiro atoms. The Morgan fingerprint density at radius 3 is 1.39 bits per heavy atom. The van der Waals surface area contributed by atoms with E-state index in [-0.39, 0.29) is 0 Å². The Labute approximate surface area is 122 Å². The van der Waals surface area contributed by atoms with Gasteiger partial charge in [-0.3, -0.25) is 0 Å². The summed E-state index contributed by atoms with van der Waals surface area (Å²) < 4.78 is 134. The Balaban J connectivity index is 3.58. The quantitative estimate of drug-likeness (QED) is 0.426. The summed E-state index contributed by atoms with van der Waals surface area (Å²) in [5, 5.41) is 0. The van der Waals surface area contributed by atoms with E-state index in [1.54, 1.807) is 0 Å². The van der Waals surface area contributed by atoms with Gasteiger partial charge < -0.3 is 4.74 Å². The summed E-state index contributed by atoms with van der Waals surface area (Å²) in [6, 6.07) is 0. The highest BCUT2D eigenvalue weighted by Crippen LogP contribution is 2.46. The minimum atomic E-state index is -6.11. The van der Waals surface area contributed by atoms with E-state index < -0.39 is 58.8 Å². The molecule has 1 aromatic carbocycles. The molecule has 0 bridgehead atoms. The maximum atomic E-state index is 13.6. The van der Waals surface area contributed by atoms with Gasteiger partial charge in [0.25, 0.3) is 0 Å². The number of hydrogen-bond donors (Lipinski definition) is 0. The second kappa shape index (κ2) is 5.84. The van der Waals surface area contributed by atoms with Crippen molar-refractivity contribution in [1.29, 1.82) is 0 Å². The second-order valence-corrected chi connectivity index (χ2v) is 4.76. The smallest absolute Gasteiger partial charge is 0.373 e. The molecule has 0 fully saturated rings. The van der Waals surface area contributed by atoms with Crippen LogP contribution in [0, 0.1) is 29.1 Å². The van der Waals surface area contributed by atoms with Crippen molar-refractivity contribution in [2.75, 3.05) is 7.11 Å². The predicted molar refractivity (Wildman–Crippen MR) is 56.2 cm³/mol. The fourth-order valence-corrected chi connectivity index (χ4v) is 1.86. The van der Waals surface area contributed by atoms with E-state index in [2.05, 4.69) is 4.74 Å². The van der Waals surface area contributed by atoms with Gasteiger partial charge in [0.2, 0.25) is 5.82 Å². The van der Waals surface area contributed by atoms with Crippen molar-refractivity contribution in [3.63, 3.8) is 0 Å². The van der Waals surface area contributed by atoms with Crippen LogP contribution in [-0.2, 0) is 10.3 Å². The minimum absolute atomic E-state index is 0.352. The van der Waals surface area contributed by atoms with Crippen LogP contribution in [-0.4, -0.2) is 19.2 Å². The van der Waals surface area contributed by atoms with Crippen LogP contribution in [0.15, 0.2) is 0 Å². The van der Waals surface area contributed by atoms with Crippen molar-refractivity contribution in [3.8, 4) is 0 Å². The zero-order valence-corrected chi connectivity index (χ0v) is 11.4. The van der Waals surface area contributed by atoms with Crippen LogP contribution in [0.3, 0.4) is 0 Å². The Morgan fingerprint density at radius 1 is 0.739 bits per heavy atom. The largest absolute Gasteiger partial charge is 0.453 e. The normalized spacial score (nSPS) is 15.7. The second-order valence-electron chi connectivity index (χ2n) is 4.76. The van der Waals surface area contributed by atoms with E-state index in [0.717, 1.165) is 0 Å². The van der Waals surface area contributed by atoms with Gasteiger partial charge in [-0.25, -0.2) is 22.0 Å². The molecule has 1 atom stereocenters. The Bertz CT molecular complexity index is 580. The lowest BCUT2D eigenvalue weighted by atomic mass is 9.87. The van der Waals surface area contributed by atoms with E-state index in [0.29, 0.717) is 14.0 Å². The molecule has 23 heavy (non-hydrogen) atoms. The number of methoxy groups -OCH3 is 1. The van der Waals surface area contributed by atoms with Crippen LogP contribution in [0.25, 0.3) is 0 Å². The van der Waals surface area contributed by atoms with Crippen molar-refractivity contribution in [2.24, 2.45) is 0 Å². The van der Waals surface area contributed by atoms with Crippen molar-refractivity contribution in [3.05, 3.63) is 34.6 Å².